The van der Waals surface area contributed by atoms with E-state index >= 15 is 0 Å². The molecule has 4 heteroatoms. The van der Waals surface area contributed by atoms with Gasteiger partial charge in [-0.15, -0.1) is 0 Å². The fraction of sp³-hybridized carbons (Fsp3) is 0.500. The minimum absolute atomic E-state index is 0.127. The Kier molecular flexibility index (Phi) is 1.53. The lowest BCUT2D eigenvalue weighted by atomic mass is 10.4. The predicted octanol–water partition coefficient (Wildman–Crippen LogP) is -0.0789. The van der Waals surface area contributed by atoms with Crippen LogP contribution in [0.5, 0.6) is 0 Å². The van der Waals surface area contributed by atoms with E-state index in [1.165, 1.54) is 0 Å². The molecule has 1 N–H and O–H groups in total. The van der Waals surface area contributed by atoms with Crippen LogP contribution in [0.1, 0.15) is 0 Å². The molecule has 1 aliphatic rings. The first-order valence-electron chi connectivity index (χ1n) is 2.14. The second-order valence-electron chi connectivity index (χ2n) is 1.41. The Balaban J connectivity index is 2.43. The summed E-state index contributed by atoms with van der Waals surface area (Å²) in [6.07, 6.45) is 1.69. The van der Waals surface area contributed by atoms with Crippen molar-refractivity contribution in [2.75, 3.05) is 5.75 Å². The normalized spacial score (nSPS) is 27.5. The highest BCUT2D eigenvalue weighted by Gasteiger charge is 2.20. The molecule has 0 aromatic rings. The van der Waals surface area contributed by atoms with E-state index in [0.29, 0.717) is 5.75 Å². The Morgan fingerprint density at radius 1 is 1.88 bits per heavy atom. The van der Waals surface area contributed by atoms with E-state index in [2.05, 4.69) is 5.32 Å². The Labute approximate surface area is 50.8 Å². The van der Waals surface area contributed by atoms with E-state index < -0.39 is 0 Å². The molecule has 1 aliphatic heterocycles. The first kappa shape index (κ1) is 5.62. The zero-order valence-electron chi connectivity index (χ0n) is 4.01. The molecule has 1 fully saturated rings. The quantitative estimate of drug-likeness (QED) is 0.540. The van der Waals surface area contributed by atoms with Crippen molar-refractivity contribution in [3.63, 3.8) is 0 Å². The van der Waals surface area contributed by atoms with Crippen LogP contribution in [-0.2, 0) is 4.79 Å². The topological polar surface area (TPSA) is 46.2 Å². The lowest BCUT2D eigenvalue weighted by molar-refractivity contribution is 0.261. The maximum Gasteiger partial charge on any atom is 0.279 e. The van der Waals surface area contributed by atoms with Crippen LogP contribution in [0.25, 0.3) is 0 Å². The predicted molar refractivity (Wildman–Crippen MR) is 30.5 cm³/mol. The van der Waals surface area contributed by atoms with Crippen LogP contribution in [0, 0.1) is 0 Å². The first-order chi connectivity index (χ1) is 3.83. The van der Waals surface area contributed by atoms with Crippen LogP contribution in [-0.4, -0.2) is 23.3 Å². The summed E-state index contributed by atoms with van der Waals surface area (Å²) < 4.78 is 0. The molecule has 1 radical (unpaired) electrons. The van der Waals surface area contributed by atoms with Crippen LogP contribution in [0.2, 0.25) is 0 Å². The van der Waals surface area contributed by atoms with Crippen molar-refractivity contribution in [3.05, 3.63) is 0 Å². The summed E-state index contributed by atoms with van der Waals surface area (Å²) in [6, 6.07) is -0.368. The molecule has 1 atom stereocenters. The lowest BCUT2D eigenvalue weighted by Crippen LogP contribution is -2.26. The molecule has 0 saturated carbocycles. The fourth-order valence-electron chi connectivity index (χ4n) is 0.448. The maximum absolute atomic E-state index is 10.3. The molecule has 3 nitrogen and oxygen atoms in total. The standard InChI is InChI=1S/C4H4NO2S/c6-1-3-2-8-4(7)5-3/h3H,2H2,(H,5,7). The zero-order valence-corrected chi connectivity index (χ0v) is 4.83. The smallest absolute Gasteiger partial charge is 0.279 e. The van der Waals surface area contributed by atoms with Crippen molar-refractivity contribution >= 4 is 23.3 Å². The van der Waals surface area contributed by atoms with E-state index in [9.17, 15) is 9.59 Å². The van der Waals surface area contributed by atoms with Crippen molar-refractivity contribution < 1.29 is 9.59 Å². The molecule has 43 valence electrons. The molecular formula is C4H4NO2S. The molecule has 1 unspecified atom stereocenters. The van der Waals surface area contributed by atoms with E-state index in [1.54, 1.807) is 6.29 Å². The minimum Gasteiger partial charge on any atom is -0.336 e. The molecule has 1 amide bonds. The first-order valence-corrected chi connectivity index (χ1v) is 3.12. The minimum atomic E-state index is -0.368. The number of hydrogen-bond donors (Lipinski definition) is 1. The molecule has 0 aromatic carbocycles. The van der Waals surface area contributed by atoms with Crippen LogP contribution < -0.4 is 5.32 Å². The summed E-state index contributed by atoms with van der Waals surface area (Å²) in [4.78, 5) is 20.1. The number of rotatable bonds is 1. The largest absolute Gasteiger partial charge is 0.336 e. The van der Waals surface area contributed by atoms with Crippen LogP contribution >= 0.6 is 11.8 Å². The van der Waals surface area contributed by atoms with E-state index in [4.69, 9.17) is 0 Å². The highest BCUT2D eigenvalue weighted by atomic mass is 32.2. The Morgan fingerprint density at radius 3 is 2.88 bits per heavy atom. The molecule has 0 aromatic heterocycles. The third kappa shape index (κ3) is 1.01. The van der Waals surface area contributed by atoms with Crippen molar-refractivity contribution in [2.24, 2.45) is 0 Å². The number of carbonyl (C=O) groups is 1. The molecular weight excluding hydrogens is 126 g/mol. The van der Waals surface area contributed by atoms with E-state index in [0.717, 1.165) is 11.8 Å². The molecule has 0 spiro atoms. The van der Waals surface area contributed by atoms with Gasteiger partial charge in [0.15, 0.2) is 0 Å². The summed E-state index contributed by atoms with van der Waals surface area (Å²) >= 11 is 1.12. The van der Waals surface area contributed by atoms with Gasteiger partial charge in [-0.25, -0.2) is 0 Å². The number of hydrogen-bond acceptors (Lipinski definition) is 3. The number of nitrogens with one attached hydrogen (secondary N) is 1. The third-order valence-corrected chi connectivity index (χ3v) is 1.70. The molecule has 1 heterocycles. The van der Waals surface area contributed by atoms with Crippen LogP contribution in [0.3, 0.4) is 0 Å². The highest BCUT2D eigenvalue weighted by Crippen LogP contribution is 2.10. The Bertz CT molecular complexity index is 125. The molecule has 8 heavy (non-hydrogen) atoms. The summed E-state index contributed by atoms with van der Waals surface area (Å²) in [6.45, 7) is 0. The van der Waals surface area contributed by atoms with Gasteiger partial charge < -0.3 is 5.32 Å². The fourth-order valence-corrected chi connectivity index (χ4v) is 1.14. The second kappa shape index (κ2) is 2.17. The monoisotopic (exact) mass is 130 g/mol. The molecule has 1 rings (SSSR count). The maximum atomic E-state index is 10.3. The van der Waals surface area contributed by atoms with Gasteiger partial charge in [0, 0.05) is 5.75 Å². The van der Waals surface area contributed by atoms with Gasteiger partial charge in [-0.1, -0.05) is 11.8 Å². The molecule has 0 bridgehead atoms. The van der Waals surface area contributed by atoms with Crippen molar-refractivity contribution in [1.82, 2.24) is 5.32 Å². The van der Waals surface area contributed by atoms with Crippen LogP contribution in [0.15, 0.2) is 0 Å². The van der Waals surface area contributed by atoms with E-state index in [-0.39, 0.29) is 11.3 Å². The second-order valence-corrected chi connectivity index (χ2v) is 2.41. The summed E-state index contributed by atoms with van der Waals surface area (Å²) in [5, 5.41) is 2.28. The third-order valence-electron chi connectivity index (χ3n) is 0.815. The highest BCUT2D eigenvalue weighted by molar-refractivity contribution is 8.14. The molecule has 0 aliphatic carbocycles. The van der Waals surface area contributed by atoms with E-state index in [1.807, 2.05) is 0 Å². The number of thioether (sulfide) groups is 1. The van der Waals surface area contributed by atoms with Gasteiger partial charge >= 0.3 is 0 Å². The number of carbonyl (C=O) groups excluding carboxylic acids is 2. The summed E-state index contributed by atoms with van der Waals surface area (Å²) in [5.41, 5.74) is 0. The van der Waals surface area contributed by atoms with Gasteiger partial charge in [0.1, 0.15) is 6.04 Å². The van der Waals surface area contributed by atoms with Gasteiger partial charge in [-0.2, -0.15) is 0 Å². The average molecular weight is 130 g/mol. The van der Waals surface area contributed by atoms with Gasteiger partial charge in [-0.3, -0.25) is 9.59 Å². The summed E-state index contributed by atoms with van der Waals surface area (Å²) in [5.74, 6) is 0.530. The van der Waals surface area contributed by atoms with Gasteiger partial charge in [0.2, 0.25) is 6.29 Å². The SMILES string of the molecule is O=[C]C1CSC(=O)N1. The summed E-state index contributed by atoms with van der Waals surface area (Å²) in [7, 11) is 0. The molecule has 1 saturated heterocycles. The lowest BCUT2D eigenvalue weighted by Gasteiger charge is -1.91. The van der Waals surface area contributed by atoms with Crippen LogP contribution in [0.4, 0.5) is 4.79 Å². The van der Waals surface area contributed by atoms with Gasteiger partial charge in [0.25, 0.3) is 5.24 Å². The van der Waals surface area contributed by atoms with Crippen molar-refractivity contribution in [1.29, 1.82) is 0 Å². The Morgan fingerprint density at radius 2 is 2.62 bits per heavy atom. The number of amides is 1. The zero-order chi connectivity index (χ0) is 5.98. The van der Waals surface area contributed by atoms with Gasteiger partial charge in [-0.05, 0) is 0 Å². The van der Waals surface area contributed by atoms with Crippen molar-refractivity contribution in [2.45, 2.75) is 6.04 Å². The average Bonchev–Trinajstić information content (AvgIpc) is 2.14. The van der Waals surface area contributed by atoms with Crippen molar-refractivity contribution in [3.8, 4) is 0 Å². The Hall–Kier alpha value is -0.510. The van der Waals surface area contributed by atoms with Gasteiger partial charge in [0.05, 0.1) is 0 Å².